The Morgan fingerprint density at radius 2 is 1.96 bits per heavy atom. The molecule has 3 aliphatic rings. The molecule has 0 aromatic heterocycles. The molecule has 0 aromatic rings. The Morgan fingerprint density at radius 3 is 2.57 bits per heavy atom. The Kier molecular flexibility index (Phi) is 4.54. The van der Waals surface area contributed by atoms with Crippen molar-refractivity contribution < 1.29 is 9.53 Å². The van der Waals surface area contributed by atoms with Gasteiger partial charge < -0.3 is 10.1 Å². The van der Waals surface area contributed by atoms with Crippen molar-refractivity contribution in [2.24, 2.45) is 28.6 Å². The molecule has 0 radical (unpaired) electrons. The second-order valence-electron chi connectivity index (χ2n) is 8.81. The number of carbonyl (C=O) groups excluding carboxylic acids is 1. The summed E-state index contributed by atoms with van der Waals surface area (Å²) < 4.78 is 6.32. The van der Waals surface area contributed by atoms with Crippen molar-refractivity contribution >= 4 is 5.91 Å². The molecule has 1 heterocycles. The van der Waals surface area contributed by atoms with Gasteiger partial charge in [-0.15, -0.1) is 0 Å². The van der Waals surface area contributed by atoms with E-state index in [4.69, 9.17) is 4.74 Å². The number of hydrogen-bond donors (Lipinski definition) is 1. The molecule has 3 nitrogen and oxygen atoms in total. The Hall–Kier alpha value is -0.570. The monoisotopic (exact) mass is 321 g/mol. The van der Waals surface area contributed by atoms with Crippen LogP contribution in [0.3, 0.4) is 0 Å². The van der Waals surface area contributed by atoms with Crippen LogP contribution in [0.1, 0.15) is 73.1 Å². The van der Waals surface area contributed by atoms with E-state index >= 15 is 0 Å². The summed E-state index contributed by atoms with van der Waals surface area (Å²) >= 11 is 0. The van der Waals surface area contributed by atoms with Gasteiger partial charge in [0.1, 0.15) is 0 Å². The second kappa shape index (κ2) is 6.06. The molecule has 2 saturated carbocycles. The first-order valence-corrected chi connectivity index (χ1v) is 9.81. The van der Waals surface area contributed by atoms with Gasteiger partial charge >= 0.3 is 0 Å². The first kappa shape index (κ1) is 17.3. The average molecular weight is 322 g/mol. The third-order valence-electron chi connectivity index (χ3n) is 7.69. The molecule has 132 valence electrons. The molecule has 1 amide bonds. The van der Waals surface area contributed by atoms with Crippen molar-refractivity contribution in [1.29, 1.82) is 0 Å². The standard InChI is InChI=1S/C20H35NO2/c1-6-13(7-2)17-15-11-14-12-20(15,9-10-23-17)18(19(14,4)5)21-16(22)8-3/h13-15,17-18H,6-12H2,1-5H3,(H,21,22)/t14-,15-,17-,18-,20?/m1/s1. The summed E-state index contributed by atoms with van der Waals surface area (Å²) in [6, 6.07) is 0.326. The van der Waals surface area contributed by atoms with Crippen molar-refractivity contribution in [3.05, 3.63) is 0 Å². The quantitative estimate of drug-likeness (QED) is 0.826. The number of hydrogen-bond acceptors (Lipinski definition) is 2. The lowest BCUT2D eigenvalue weighted by molar-refractivity contribution is -0.148. The van der Waals surface area contributed by atoms with E-state index in [1.165, 1.54) is 25.7 Å². The third kappa shape index (κ3) is 2.45. The van der Waals surface area contributed by atoms with Crippen LogP contribution in [0.25, 0.3) is 0 Å². The number of fused-ring (bicyclic) bond motifs is 1. The second-order valence-corrected chi connectivity index (χ2v) is 8.81. The van der Waals surface area contributed by atoms with Gasteiger partial charge in [-0.05, 0) is 47.8 Å². The van der Waals surface area contributed by atoms with Crippen LogP contribution in [0.5, 0.6) is 0 Å². The lowest BCUT2D eigenvalue weighted by atomic mass is 9.58. The lowest BCUT2D eigenvalue weighted by Gasteiger charge is -2.54. The molecule has 1 saturated heterocycles. The molecule has 2 bridgehead atoms. The Morgan fingerprint density at radius 1 is 1.26 bits per heavy atom. The van der Waals surface area contributed by atoms with E-state index in [0.717, 1.165) is 18.9 Å². The van der Waals surface area contributed by atoms with Crippen LogP contribution in [0.15, 0.2) is 0 Å². The SMILES string of the molecule is CCC(=O)N[C@@H]1C(C)(C)[C@@H]2C[C@@H]3[C@@H](C(CC)CC)OCCC31C2. The fourth-order valence-electron chi connectivity index (χ4n) is 6.31. The van der Waals surface area contributed by atoms with Crippen molar-refractivity contribution in [2.75, 3.05) is 6.61 Å². The molecule has 3 heteroatoms. The molecule has 2 aliphatic carbocycles. The van der Waals surface area contributed by atoms with Crippen LogP contribution in [0, 0.1) is 28.6 Å². The highest BCUT2D eigenvalue weighted by Crippen LogP contribution is 2.69. The van der Waals surface area contributed by atoms with E-state index in [2.05, 4.69) is 33.0 Å². The summed E-state index contributed by atoms with van der Waals surface area (Å²) in [4.78, 5) is 12.2. The molecule has 1 N–H and O–H groups in total. The van der Waals surface area contributed by atoms with Gasteiger partial charge in [-0.2, -0.15) is 0 Å². The molecular formula is C20H35NO2. The summed E-state index contributed by atoms with van der Waals surface area (Å²) in [5.74, 6) is 2.26. The van der Waals surface area contributed by atoms with Crippen LogP contribution < -0.4 is 5.32 Å². The maximum Gasteiger partial charge on any atom is 0.219 e. The molecule has 23 heavy (non-hydrogen) atoms. The van der Waals surface area contributed by atoms with Crippen LogP contribution in [-0.2, 0) is 9.53 Å². The first-order chi connectivity index (χ1) is 10.9. The molecule has 1 unspecified atom stereocenters. The fraction of sp³-hybridized carbons (Fsp3) is 0.950. The maximum absolute atomic E-state index is 12.2. The summed E-state index contributed by atoms with van der Waals surface area (Å²) in [6.45, 7) is 12.2. The molecule has 3 fully saturated rings. The smallest absolute Gasteiger partial charge is 0.219 e. The average Bonchev–Trinajstić information content (AvgIpc) is 3.02. The molecule has 0 aromatic carbocycles. The predicted octanol–water partition coefficient (Wildman–Crippen LogP) is 4.16. The van der Waals surface area contributed by atoms with E-state index in [9.17, 15) is 4.79 Å². The summed E-state index contributed by atoms with van der Waals surface area (Å²) in [5, 5.41) is 3.44. The lowest BCUT2D eigenvalue weighted by Crippen LogP contribution is -2.61. The number of ether oxygens (including phenoxy) is 1. The van der Waals surface area contributed by atoms with E-state index in [-0.39, 0.29) is 16.7 Å². The van der Waals surface area contributed by atoms with Crippen LogP contribution in [0.4, 0.5) is 0 Å². The normalized spacial score (nSPS) is 41.1. The Labute approximate surface area is 141 Å². The van der Waals surface area contributed by atoms with Gasteiger partial charge in [0.15, 0.2) is 0 Å². The largest absolute Gasteiger partial charge is 0.378 e. The zero-order valence-corrected chi connectivity index (χ0v) is 15.7. The Bertz CT molecular complexity index is 457. The minimum atomic E-state index is 0.217. The molecule has 3 rings (SSSR count). The van der Waals surface area contributed by atoms with Crippen molar-refractivity contribution in [2.45, 2.75) is 85.3 Å². The van der Waals surface area contributed by atoms with Crippen molar-refractivity contribution in [3.63, 3.8) is 0 Å². The third-order valence-corrected chi connectivity index (χ3v) is 7.69. The highest BCUT2D eigenvalue weighted by molar-refractivity contribution is 5.76. The van der Waals surface area contributed by atoms with Gasteiger partial charge in [-0.1, -0.05) is 47.5 Å². The van der Waals surface area contributed by atoms with Crippen LogP contribution in [0.2, 0.25) is 0 Å². The summed E-state index contributed by atoms with van der Waals surface area (Å²) in [6.07, 6.45) is 7.11. The number of nitrogens with one attached hydrogen (secondary N) is 1. The zero-order chi connectivity index (χ0) is 16.8. The molecule has 1 spiro atoms. The van der Waals surface area contributed by atoms with Gasteiger partial charge in [0.25, 0.3) is 0 Å². The van der Waals surface area contributed by atoms with E-state index in [1.807, 2.05) is 6.92 Å². The van der Waals surface area contributed by atoms with Gasteiger partial charge in [-0.25, -0.2) is 0 Å². The summed E-state index contributed by atoms with van der Waals surface area (Å²) in [5.41, 5.74) is 0.502. The zero-order valence-electron chi connectivity index (χ0n) is 15.7. The van der Waals surface area contributed by atoms with Gasteiger partial charge in [0.2, 0.25) is 5.91 Å². The number of amides is 1. The highest BCUT2D eigenvalue weighted by atomic mass is 16.5. The minimum Gasteiger partial charge on any atom is -0.378 e. The molecule has 5 atom stereocenters. The molecular weight excluding hydrogens is 286 g/mol. The van der Waals surface area contributed by atoms with Crippen molar-refractivity contribution in [3.8, 4) is 0 Å². The van der Waals surface area contributed by atoms with Gasteiger partial charge in [0.05, 0.1) is 6.10 Å². The fourth-order valence-corrected chi connectivity index (χ4v) is 6.31. The van der Waals surface area contributed by atoms with E-state index < -0.39 is 0 Å². The predicted molar refractivity (Wildman–Crippen MR) is 93.1 cm³/mol. The van der Waals surface area contributed by atoms with E-state index in [1.54, 1.807) is 0 Å². The van der Waals surface area contributed by atoms with Gasteiger partial charge in [-0.3, -0.25) is 4.79 Å². The topological polar surface area (TPSA) is 38.3 Å². The minimum absolute atomic E-state index is 0.217. The van der Waals surface area contributed by atoms with Gasteiger partial charge in [0, 0.05) is 19.1 Å². The maximum atomic E-state index is 12.2. The number of rotatable bonds is 5. The highest BCUT2D eigenvalue weighted by Gasteiger charge is 2.68. The van der Waals surface area contributed by atoms with Crippen LogP contribution in [-0.4, -0.2) is 24.7 Å². The summed E-state index contributed by atoms with van der Waals surface area (Å²) in [7, 11) is 0. The number of carbonyl (C=O) groups is 1. The first-order valence-electron chi connectivity index (χ1n) is 9.81. The van der Waals surface area contributed by atoms with Crippen molar-refractivity contribution in [1.82, 2.24) is 5.32 Å². The Balaban J connectivity index is 1.91. The van der Waals surface area contributed by atoms with Crippen LogP contribution >= 0.6 is 0 Å². The van der Waals surface area contributed by atoms with E-state index in [0.29, 0.717) is 30.4 Å². The molecule has 1 aliphatic heterocycles.